The zero-order valence-corrected chi connectivity index (χ0v) is 21.2. The molecule has 7 nitrogen and oxygen atoms in total. The monoisotopic (exact) mass is 549 g/mol. The van der Waals surface area contributed by atoms with Crippen molar-refractivity contribution in [1.29, 1.82) is 0 Å². The highest BCUT2D eigenvalue weighted by Gasteiger charge is 2.21. The molecule has 0 bridgehead atoms. The SMILES string of the molecule is CCCNC(=O)CN1CCC(NC(=NCc2ccc(F)c(COC)c2)NCC)CC1.I. The van der Waals surface area contributed by atoms with Gasteiger partial charge in [0.1, 0.15) is 5.82 Å². The fraction of sp³-hybridized carbons (Fsp3) is 0.636. The molecule has 3 N–H and O–H groups in total. The number of methoxy groups -OCH3 is 1. The van der Waals surface area contributed by atoms with Crippen molar-refractivity contribution in [2.75, 3.05) is 39.8 Å². The molecule has 2 rings (SSSR count). The topological polar surface area (TPSA) is 78.0 Å². The summed E-state index contributed by atoms with van der Waals surface area (Å²) in [5.41, 5.74) is 1.48. The largest absolute Gasteiger partial charge is 0.380 e. The smallest absolute Gasteiger partial charge is 0.234 e. The second-order valence-corrected chi connectivity index (χ2v) is 7.60. The van der Waals surface area contributed by atoms with Crippen LogP contribution < -0.4 is 16.0 Å². The van der Waals surface area contributed by atoms with Crippen LogP contribution in [0.2, 0.25) is 0 Å². The van der Waals surface area contributed by atoms with E-state index in [1.165, 1.54) is 6.07 Å². The molecule has 1 aromatic rings. The molecule has 1 amide bonds. The highest BCUT2D eigenvalue weighted by Crippen LogP contribution is 2.13. The lowest BCUT2D eigenvalue weighted by Crippen LogP contribution is -2.50. The number of aliphatic imine (C=N–C) groups is 1. The first-order chi connectivity index (χ1) is 14.5. The molecule has 1 fully saturated rings. The summed E-state index contributed by atoms with van der Waals surface area (Å²) in [6.45, 7) is 8.53. The number of ether oxygens (including phenoxy) is 1. The summed E-state index contributed by atoms with van der Waals surface area (Å²) in [5, 5.41) is 9.71. The number of guanidine groups is 1. The number of hydrogen-bond donors (Lipinski definition) is 3. The number of halogens is 2. The first kappa shape index (κ1) is 27.6. The predicted octanol–water partition coefficient (Wildman–Crippen LogP) is 2.64. The minimum absolute atomic E-state index is 0. The quantitative estimate of drug-likeness (QED) is 0.238. The molecule has 31 heavy (non-hydrogen) atoms. The number of likely N-dealkylation sites (tertiary alicyclic amines) is 1. The molecule has 1 heterocycles. The molecule has 0 unspecified atom stereocenters. The Balaban J connectivity index is 0.00000480. The van der Waals surface area contributed by atoms with E-state index < -0.39 is 0 Å². The van der Waals surface area contributed by atoms with E-state index in [2.05, 4.69) is 32.8 Å². The Kier molecular flexibility index (Phi) is 13.7. The van der Waals surface area contributed by atoms with Gasteiger partial charge in [0.15, 0.2) is 5.96 Å². The van der Waals surface area contributed by atoms with E-state index in [0.29, 0.717) is 24.7 Å². The molecule has 9 heteroatoms. The number of hydrogen-bond acceptors (Lipinski definition) is 4. The van der Waals surface area contributed by atoms with Crippen LogP contribution in [-0.2, 0) is 22.7 Å². The van der Waals surface area contributed by atoms with Crippen LogP contribution in [0.25, 0.3) is 0 Å². The minimum Gasteiger partial charge on any atom is -0.380 e. The maximum atomic E-state index is 13.8. The van der Waals surface area contributed by atoms with Gasteiger partial charge >= 0.3 is 0 Å². The van der Waals surface area contributed by atoms with Crippen LogP contribution in [0.3, 0.4) is 0 Å². The first-order valence-corrected chi connectivity index (χ1v) is 10.9. The molecule has 1 aliphatic heterocycles. The molecule has 1 aromatic carbocycles. The third kappa shape index (κ3) is 10.1. The van der Waals surface area contributed by atoms with Gasteiger partial charge in [-0.1, -0.05) is 13.0 Å². The maximum Gasteiger partial charge on any atom is 0.234 e. The van der Waals surface area contributed by atoms with Gasteiger partial charge in [0, 0.05) is 44.9 Å². The highest BCUT2D eigenvalue weighted by atomic mass is 127. The number of nitrogens with zero attached hydrogens (tertiary/aromatic N) is 2. The lowest BCUT2D eigenvalue weighted by Gasteiger charge is -2.32. The summed E-state index contributed by atoms with van der Waals surface area (Å²) in [7, 11) is 1.56. The second kappa shape index (κ2) is 15.4. The third-order valence-corrected chi connectivity index (χ3v) is 5.04. The molecule has 1 saturated heterocycles. The molecule has 176 valence electrons. The van der Waals surface area contributed by atoms with Gasteiger partial charge in [0.05, 0.1) is 19.7 Å². The van der Waals surface area contributed by atoms with Crippen LogP contribution in [0.1, 0.15) is 44.2 Å². The van der Waals surface area contributed by atoms with Crippen molar-refractivity contribution < 1.29 is 13.9 Å². The van der Waals surface area contributed by atoms with E-state index in [-0.39, 0.29) is 42.3 Å². The molecule has 0 aromatic heterocycles. The molecular weight excluding hydrogens is 512 g/mol. The fourth-order valence-electron chi connectivity index (χ4n) is 3.44. The van der Waals surface area contributed by atoms with Crippen molar-refractivity contribution in [3.8, 4) is 0 Å². The van der Waals surface area contributed by atoms with Gasteiger partial charge in [0.2, 0.25) is 5.91 Å². The number of carbonyl (C=O) groups is 1. The van der Waals surface area contributed by atoms with E-state index >= 15 is 0 Å². The average Bonchev–Trinajstić information content (AvgIpc) is 2.74. The van der Waals surface area contributed by atoms with Crippen LogP contribution in [-0.4, -0.2) is 62.6 Å². The lowest BCUT2D eigenvalue weighted by atomic mass is 10.1. The molecule has 0 aliphatic carbocycles. The Hall–Kier alpha value is -1.46. The summed E-state index contributed by atoms with van der Waals surface area (Å²) in [6.07, 6.45) is 2.87. The highest BCUT2D eigenvalue weighted by molar-refractivity contribution is 14.0. The first-order valence-electron chi connectivity index (χ1n) is 10.9. The molecule has 1 aliphatic rings. The normalized spacial score (nSPS) is 15.3. The van der Waals surface area contributed by atoms with Gasteiger partial charge in [0.25, 0.3) is 0 Å². The van der Waals surface area contributed by atoms with Crippen LogP contribution in [0.5, 0.6) is 0 Å². The van der Waals surface area contributed by atoms with E-state index in [1.807, 2.05) is 6.92 Å². The van der Waals surface area contributed by atoms with Crippen LogP contribution >= 0.6 is 24.0 Å². The van der Waals surface area contributed by atoms with E-state index in [9.17, 15) is 9.18 Å². The van der Waals surface area contributed by atoms with E-state index in [1.54, 1.807) is 19.2 Å². The van der Waals surface area contributed by atoms with Crippen molar-refractivity contribution in [2.24, 2.45) is 4.99 Å². The van der Waals surface area contributed by atoms with Gasteiger partial charge in [-0.2, -0.15) is 0 Å². The van der Waals surface area contributed by atoms with E-state index in [0.717, 1.165) is 57.0 Å². The van der Waals surface area contributed by atoms with Crippen LogP contribution in [0.15, 0.2) is 23.2 Å². The van der Waals surface area contributed by atoms with Crippen LogP contribution in [0.4, 0.5) is 4.39 Å². The number of benzene rings is 1. The molecular formula is C22H37FIN5O2. The summed E-state index contributed by atoms with van der Waals surface area (Å²) in [4.78, 5) is 18.8. The van der Waals surface area contributed by atoms with Crippen molar-refractivity contribution in [2.45, 2.75) is 52.3 Å². The number of amides is 1. The van der Waals surface area contributed by atoms with Gasteiger partial charge in [-0.05, 0) is 43.9 Å². The van der Waals surface area contributed by atoms with E-state index in [4.69, 9.17) is 4.74 Å². The number of nitrogens with one attached hydrogen (secondary N) is 3. The number of carbonyl (C=O) groups excluding carboxylic acids is 1. The molecule has 0 radical (unpaired) electrons. The zero-order chi connectivity index (χ0) is 21.8. The molecule has 0 saturated carbocycles. The van der Waals surface area contributed by atoms with Gasteiger partial charge in [-0.15, -0.1) is 24.0 Å². The summed E-state index contributed by atoms with van der Waals surface area (Å²) in [6, 6.07) is 5.33. The van der Waals surface area contributed by atoms with Gasteiger partial charge in [-0.3, -0.25) is 9.69 Å². The van der Waals surface area contributed by atoms with Crippen molar-refractivity contribution in [3.63, 3.8) is 0 Å². The number of piperidine rings is 1. The molecule has 0 atom stereocenters. The number of rotatable bonds is 10. The maximum absolute atomic E-state index is 13.8. The second-order valence-electron chi connectivity index (χ2n) is 7.60. The van der Waals surface area contributed by atoms with Crippen molar-refractivity contribution in [3.05, 3.63) is 35.1 Å². The Morgan fingerprint density at radius 3 is 2.65 bits per heavy atom. The molecule has 0 spiro atoms. The summed E-state index contributed by atoms with van der Waals surface area (Å²) >= 11 is 0. The zero-order valence-electron chi connectivity index (χ0n) is 18.9. The lowest BCUT2D eigenvalue weighted by molar-refractivity contribution is -0.122. The Labute approximate surface area is 202 Å². The predicted molar refractivity (Wildman–Crippen MR) is 133 cm³/mol. The van der Waals surface area contributed by atoms with Gasteiger partial charge in [-0.25, -0.2) is 9.38 Å². The Bertz CT molecular complexity index is 696. The van der Waals surface area contributed by atoms with Gasteiger partial charge < -0.3 is 20.7 Å². The Morgan fingerprint density at radius 1 is 1.26 bits per heavy atom. The fourth-order valence-corrected chi connectivity index (χ4v) is 3.44. The minimum atomic E-state index is -0.259. The third-order valence-electron chi connectivity index (χ3n) is 5.04. The average molecular weight is 549 g/mol. The Morgan fingerprint density at radius 2 is 2.00 bits per heavy atom. The van der Waals surface area contributed by atoms with Crippen molar-refractivity contribution in [1.82, 2.24) is 20.9 Å². The summed E-state index contributed by atoms with van der Waals surface area (Å²) < 4.78 is 18.8. The van der Waals surface area contributed by atoms with Crippen LogP contribution in [0, 0.1) is 5.82 Å². The summed E-state index contributed by atoms with van der Waals surface area (Å²) in [5.74, 6) is 0.601. The standard InChI is InChI=1S/C22H36FN5O2.HI/c1-4-10-25-21(29)15-28-11-8-19(9-12-28)27-22(24-5-2)26-14-17-6-7-20(23)18(13-17)16-30-3;/h6-7,13,19H,4-5,8-12,14-16H2,1-3H3,(H,25,29)(H2,24,26,27);1H. The van der Waals surface area contributed by atoms with Crippen molar-refractivity contribution >= 4 is 35.8 Å².